The second-order valence-electron chi connectivity index (χ2n) is 5.00. The third-order valence-corrected chi connectivity index (χ3v) is 7.19. The Morgan fingerprint density at radius 3 is 2.62 bits per heavy atom. The van der Waals surface area contributed by atoms with Crippen LogP contribution in [0.5, 0.6) is 0 Å². The fourth-order valence-corrected chi connectivity index (χ4v) is 4.93. The molecule has 0 spiro atoms. The maximum absolute atomic E-state index is 12.8. The lowest BCUT2D eigenvalue weighted by Gasteiger charge is -2.35. The summed E-state index contributed by atoms with van der Waals surface area (Å²) in [6.07, 6.45) is 2.74. The van der Waals surface area contributed by atoms with Crippen LogP contribution < -0.4 is 0 Å². The van der Waals surface area contributed by atoms with Crippen molar-refractivity contribution < 1.29 is 14.7 Å². The highest BCUT2D eigenvalue weighted by atomic mass is 127. The maximum Gasteiger partial charge on any atom is 0.305 e. The van der Waals surface area contributed by atoms with Gasteiger partial charge in [-0.1, -0.05) is 0 Å². The lowest BCUT2D eigenvalue weighted by Crippen LogP contribution is -2.45. The van der Waals surface area contributed by atoms with Crippen molar-refractivity contribution in [2.75, 3.05) is 6.54 Å². The summed E-state index contributed by atoms with van der Waals surface area (Å²) >= 11 is 6.62. The van der Waals surface area contributed by atoms with Crippen molar-refractivity contribution in [3.63, 3.8) is 0 Å². The monoisotopic (exact) mass is 625 g/mol. The largest absolute Gasteiger partial charge is 0.481 e. The molecule has 1 aromatic carbocycles. The second kappa shape index (κ2) is 7.75. The van der Waals surface area contributed by atoms with Crippen molar-refractivity contribution in [3.8, 4) is 0 Å². The quantitative estimate of drug-likeness (QED) is 0.409. The van der Waals surface area contributed by atoms with Gasteiger partial charge in [0.15, 0.2) is 0 Å². The Balaban J connectivity index is 2.31. The van der Waals surface area contributed by atoms with E-state index in [1.165, 1.54) is 0 Å². The zero-order chi connectivity index (χ0) is 15.6. The number of hydrogen-bond acceptors (Lipinski definition) is 2. The lowest BCUT2D eigenvalue weighted by molar-refractivity contribution is -0.138. The molecular weight excluding hydrogens is 611 g/mol. The second-order valence-corrected chi connectivity index (χ2v) is 8.48. The number of nitrogens with zero attached hydrogens (tertiary/aromatic N) is 1. The van der Waals surface area contributed by atoms with Crippen LogP contribution in [-0.4, -0.2) is 34.5 Å². The van der Waals surface area contributed by atoms with Gasteiger partial charge in [0.1, 0.15) is 0 Å². The van der Waals surface area contributed by atoms with Gasteiger partial charge in [0, 0.05) is 23.3 Å². The Labute approximate surface area is 164 Å². The summed E-state index contributed by atoms with van der Waals surface area (Å²) < 4.78 is 3.01. The minimum atomic E-state index is -0.841. The molecule has 1 saturated heterocycles. The van der Waals surface area contributed by atoms with E-state index in [4.69, 9.17) is 5.11 Å². The maximum atomic E-state index is 12.8. The number of piperidine rings is 1. The Kier molecular flexibility index (Phi) is 6.53. The summed E-state index contributed by atoms with van der Waals surface area (Å²) in [5.41, 5.74) is 0.684. The molecule has 1 unspecified atom stereocenters. The van der Waals surface area contributed by atoms with Crippen LogP contribution in [0, 0.1) is 10.7 Å². The van der Waals surface area contributed by atoms with Gasteiger partial charge in [0.25, 0.3) is 5.91 Å². The molecule has 1 aromatic rings. The van der Waals surface area contributed by atoms with Gasteiger partial charge in [-0.2, -0.15) is 0 Å². The molecule has 1 N–H and O–H groups in total. The molecule has 0 aromatic heterocycles. The highest BCUT2D eigenvalue weighted by molar-refractivity contribution is 14.1. The molecule has 1 heterocycles. The standard InChI is InChI=1S/C14H14I3NO3/c15-8-5-10(13(17)11(16)6-8)14(21)18-4-2-1-3-9(18)7-12(19)20/h5-6,9H,1-4,7H2,(H,19,20). The third-order valence-electron chi connectivity index (χ3n) is 3.52. The van der Waals surface area contributed by atoms with E-state index in [1.807, 2.05) is 12.1 Å². The molecule has 0 bridgehead atoms. The zero-order valence-corrected chi connectivity index (χ0v) is 17.6. The number of aliphatic carboxylic acids is 1. The van der Waals surface area contributed by atoms with Gasteiger partial charge in [0.2, 0.25) is 0 Å². The first-order chi connectivity index (χ1) is 9.90. The van der Waals surface area contributed by atoms with E-state index in [1.54, 1.807) is 4.90 Å². The third kappa shape index (κ3) is 4.43. The highest BCUT2D eigenvalue weighted by Gasteiger charge is 2.30. The van der Waals surface area contributed by atoms with Crippen LogP contribution in [0.2, 0.25) is 0 Å². The number of benzene rings is 1. The van der Waals surface area contributed by atoms with Crippen LogP contribution in [0.25, 0.3) is 0 Å². The van der Waals surface area contributed by atoms with Crippen molar-refractivity contribution in [2.45, 2.75) is 31.7 Å². The Morgan fingerprint density at radius 1 is 1.24 bits per heavy atom. The van der Waals surface area contributed by atoms with Crippen LogP contribution in [0.4, 0.5) is 0 Å². The minimum Gasteiger partial charge on any atom is -0.481 e. The molecule has 1 amide bonds. The molecule has 1 aliphatic heterocycles. The van der Waals surface area contributed by atoms with E-state index in [9.17, 15) is 9.59 Å². The molecule has 7 heteroatoms. The molecule has 1 aliphatic rings. The predicted octanol–water partition coefficient (Wildman–Crippen LogP) is 3.97. The molecule has 1 fully saturated rings. The summed E-state index contributed by atoms with van der Waals surface area (Å²) in [6, 6.07) is 3.74. The Hall–Kier alpha value is 0.350. The lowest BCUT2D eigenvalue weighted by atomic mass is 9.98. The number of carbonyl (C=O) groups excluding carboxylic acids is 1. The number of carboxylic acid groups (broad SMARTS) is 1. The summed E-state index contributed by atoms with van der Waals surface area (Å²) in [5, 5.41) is 9.04. The predicted molar refractivity (Wildman–Crippen MR) is 106 cm³/mol. The number of rotatable bonds is 3. The van der Waals surface area contributed by atoms with Gasteiger partial charge in [-0.05, 0) is 99.2 Å². The molecule has 0 radical (unpaired) electrons. The van der Waals surface area contributed by atoms with Crippen LogP contribution in [0.1, 0.15) is 36.0 Å². The fraction of sp³-hybridized carbons (Fsp3) is 0.429. The molecule has 21 heavy (non-hydrogen) atoms. The minimum absolute atomic E-state index is 0.0311. The SMILES string of the molecule is O=C(O)CC1CCCCN1C(=O)c1cc(I)cc(I)c1I. The first kappa shape index (κ1) is 17.7. The number of hydrogen-bond donors (Lipinski definition) is 1. The first-order valence-corrected chi connectivity index (χ1v) is 9.81. The zero-order valence-electron chi connectivity index (χ0n) is 11.1. The van der Waals surface area contributed by atoms with E-state index in [2.05, 4.69) is 67.8 Å². The molecule has 0 aliphatic carbocycles. The van der Waals surface area contributed by atoms with Crippen molar-refractivity contribution in [2.24, 2.45) is 0 Å². The number of halogens is 3. The van der Waals surface area contributed by atoms with Crippen LogP contribution in [0.15, 0.2) is 12.1 Å². The van der Waals surface area contributed by atoms with Gasteiger partial charge in [-0.25, -0.2) is 0 Å². The van der Waals surface area contributed by atoms with Gasteiger partial charge in [-0.3, -0.25) is 9.59 Å². The number of carbonyl (C=O) groups is 2. The molecule has 4 nitrogen and oxygen atoms in total. The van der Waals surface area contributed by atoms with Gasteiger partial charge < -0.3 is 10.0 Å². The van der Waals surface area contributed by atoms with E-state index in [0.29, 0.717) is 12.1 Å². The first-order valence-electron chi connectivity index (χ1n) is 6.57. The van der Waals surface area contributed by atoms with Gasteiger partial charge in [0.05, 0.1) is 12.0 Å². The molecule has 0 saturated carbocycles. The van der Waals surface area contributed by atoms with E-state index in [0.717, 1.165) is 30.0 Å². The van der Waals surface area contributed by atoms with E-state index < -0.39 is 5.97 Å². The van der Waals surface area contributed by atoms with Crippen LogP contribution >= 0.6 is 67.8 Å². The van der Waals surface area contributed by atoms with E-state index >= 15 is 0 Å². The van der Waals surface area contributed by atoms with Crippen molar-refractivity contribution in [3.05, 3.63) is 28.4 Å². The fourth-order valence-electron chi connectivity index (χ4n) is 2.55. The number of carboxylic acids is 1. The van der Waals surface area contributed by atoms with Crippen molar-refractivity contribution >= 4 is 79.6 Å². The summed E-state index contributed by atoms with van der Waals surface area (Å²) in [5.74, 6) is -0.881. The van der Waals surface area contributed by atoms with Gasteiger partial charge >= 0.3 is 5.97 Å². The van der Waals surface area contributed by atoms with Crippen LogP contribution in [0.3, 0.4) is 0 Å². The molecule has 2 rings (SSSR count). The Bertz CT molecular complexity index is 577. The molecule has 1 atom stereocenters. The van der Waals surface area contributed by atoms with Gasteiger partial charge in [-0.15, -0.1) is 0 Å². The smallest absolute Gasteiger partial charge is 0.305 e. The van der Waals surface area contributed by atoms with Crippen LogP contribution in [-0.2, 0) is 4.79 Å². The topological polar surface area (TPSA) is 57.6 Å². The number of likely N-dealkylation sites (tertiary alicyclic amines) is 1. The Morgan fingerprint density at radius 2 is 1.95 bits per heavy atom. The highest BCUT2D eigenvalue weighted by Crippen LogP contribution is 2.27. The molecule has 114 valence electrons. The molecular formula is C14H14I3NO3. The number of amides is 1. The summed E-state index contributed by atoms with van der Waals surface area (Å²) in [7, 11) is 0. The normalized spacial score (nSPS) is 18.6. The van der Waals surface area contributed by atoms with Crippen molar-refractivity contribution in [1.29, 1.82) is 0 Å². The average Bonchev–Trinajstić information content (AvgIpc) is 2.42. The summed E-state index contributed by atoms with van der Waals surface area (Å²) in [4.78, 5) is 25.6. The average molecular weight is 625 g/mol. The van der Waals surface area contributed by atoms with E-state index in [-0.39, 0.29) is 18.4 Å². The van der Waals surface area contributed by atoms with Crippen molar-refractivity contribution in [1.82, 2.24) is 4.90 Å². The summed E-state index contributed by atoms with van der Waals surface area (Å²) in [6.45, 7) is 0.648.